The summed E-state index contributed by atoms with van der Waals surface area (Å²) in [6.07, 6.45) is 4.84. The molecule has 0 aromatic rings. The van der Waals surface area contributed by atoms with E-state index in [1.807, 2.05) is 25.7 Å². The van der Waals surface area contributed by atoms with Crippen LogP contribution < -0.4 is 5.73 Å². The van der Waals surface area contributed by atoms with E-state index in [-0.39, 0.29) is 6.09 Å². The molecule has 2 aliphatic rings. The normalized spacial score (nSPS) is 23.2. The van der Waals surface area contributed by atoms with E-state index in [1.54, 1.807) is 0 Å². The number of carbonyl (C=O) groups excluding carboxylic acids is 1. The molecule has 0 spiro atoms. The maximum atomic E-state index is 11.9. The van der Waals surface area contributed by atoms with Gasteiger partial charge in [-0.2, -0.15) is 0 Å². The number of nitrogens with zero attached hydrogens (tertiary/aromatic N) is 1. The highest BCUT2D eigenvalue weighted by atomic mass is 16.6. The van der Waals surface area contributed by atoms with Gasteiger partial charge in [0.05, 0.1) is 0 Å². The van der Waals surface area contributed by atoms with E-state index in [0.717, 1.165) is 26.1 Å². The highest BCUT2D eigenvalue weighted by Crippen LogP contribution is 2.52. The minimum Gasteiger partial charge on any atom is -0.444 e. The van der Waals surface area contributed by atoms with Crippen LogP contribution in [0.3, 0.4) is 0 Å². The van der Waals surface area contributed by atoms with E-state index < -0.39 is 5.60 Å². The number of amides is 1. The van der Waals surface area contributed by atoms with Crippen LogP contribution in [-0.4, -0.2) is 36.2 Å². The van der Waals surface area contributed by atoms with Crippen LogP contribution in [0.25, 0.3) is 0 Å². The van der Waals surface area contributed by atoms with Crippen molar-refractivity contribution in [3.05, 3.63) is 0 Å². The first-order valence-electron chi connectivity index (χ1n) is 7.04. The third-order valence-corrected chi connectivity index (χ3v) is 4.39. The average Bonchev–Trinajstić information content (AvgIpc) is 2.08. The molecule has 4 heteroatoms. The van der Waals surface area contributed by atoms with Crippen molar-refractivity contribution >= 4 is 6.09 Å². The quantitative estimate of drug-likeness (QED) is 0.841. The summed E-state index contributed by atoms with van der Waals surface area (Å²) in [7, 11) is 0. The number of hydrogen-bond acceptors (Lipinski definition) is 3. The van der Waals surface area contributed by atoms with Gasteiger partial charge in [0.15, 0.2) is 0 Å². The molecule has 2 fully saturated rings. The number of hydrogen-bond donors (Lipinski definition) is 1. The van der Waals surface area contributed by atoms with E-state index in [2.05, 4.69) is 0 Å². The highest BCUT2D eigenvalue weighted by molar-refractivity contribution is 5.69. The molecular formula is C14H26N2O2. The molecule has 0 bridgehead atoms. The molecule has 2 rings (SSSR count). The van der Waals surface area contributed by atoms with Crippen LogP contribution in [0, 0.1) is 11.3 Å². The number of rotatable bonds is 3. The van der Waals surface area contributed by atoms with Crippen LogP contribution in [0.1, 0.15) is 46.5 Å². The van der Waals surface area contributed by atoms with Crippen LogP contribution >= 0.6 is 0 Å². The molecule has 4 nitrogen and oxygen atoms in total. The lowest BCUT2D eigenvalue weighted by Gasteiger charge is -2.55. The largest absolute Gasteiger partial charge is 0.444 e. The van der Waals surface area contributed by atoms with Gasteiger partial charge in [-0.05, 0) is 52.0 Å². The molecular weight excluding hydrogens is 228 g/mol. The van der Waals surface area contributed by atoms with Crippen molar-refractivity contribution in [1.29, 1.82) is 0 Å². The summed E-state index contributed by atoms with van der Waals surface area (Å²) < 4.78 is 5.38. The molecule has 2 N–H and O–H groups in total. The van der Waals surface area contributed by atoms with Crippen LogP contribution in [-0.2, 0) is 4.74 Å². The van der Waals surface area contributed by atoms with Crippen molar-refractivity contribution in [2.75, 3.05) is 19.6 Å². The van der Waals surface area contributed by atoms with Gasteiger partial charge in [-0.1, -0.05) is 6.42 Å². The predicted molar refractivity (Wildman–Crippen MR) is 71.3 cm³/mol. The molecule has 0 aromatic heterocycles. The molecule has 1 heterocycles. The second-order valence-corrected chi connectivity index (χ2v) is 6.84. The first kappa shape index (κ1) is 13.7. The highest BCUT2D eigenvalue weighted by Gasteiger charge is 2.49. The van der Waals surface area contributed by atoms with E-state index in [9.17, 15) is 4.79 Å². The minimum atomic E-state index is -0.395. The predicted octanol–water partition coefficient (Wildman–Crippen LogP) is 2.37. The fourth-order valence-corrected chi connectivity index (χ4v) is 3.12. The Morgan fingerprint density at radius 2 is 2.00 bits per heavy atom. The first-order chi connectivity index (χ1) is 8.36. The molecule has 1 saturated heterocycles. The molecule has 18 heavy (non-hydrogen) atoms. The van der Waals surface area contributed by atoms with Gasteiger partial charge in [-0.25, -0.2) is 4.79 Å². The zero-order chi connectivity index (χ0) is 13.4. The molecule has 0 radical (unpaired) electrons. The minimum absolute atomic E-state index is 0.166. The zero-order valence-electron chi connectivity index (χ0n) is 11.9. The lowest BCUT2D eigenvalue weighted by Crippen LogP contribution is -2.59. The summed E-state index contributed by atoms with van der Waals surface area (Å²) in [6.45, 7) is 8.20. The van der Waals surface area contributed by atoms with Gasteiger partial charge in [0, 0.05) is 19.0 Å². The molecule has 1 aliphatic carbocycles. The average molecular weight is 254 g/mol. The summed E-state index contributed by atoms with van der Waals surface area (Å²) in [6, 6.07) is 0. The number of ether oxygens (including phenoxy) is 1. The smallest absolute Gasteiger partial charge is 0.410 e. The Balaban J connectivity index is 1.81. The number of likely N-dealkylation sites (tertiary alicyclic amines) is 1. The third kappa shape index (κ3) is 2.63. The van der Waals surface area contributed by atoms with Gasteiger partial charge in [-0.3, -0.25) is 0 Å². The fourth-order valence-electron chi connectivity index (χ4n) is 3.12. The van der Waals surface area contributed by atoms with Gasteiger partial charge in [-0.15, -0.1) is 0 Å². The Morgan fingerprint density at radius 1 is 1.39 bits per heavy atom. The summed E-state index contributed by atoms with van der Waals surface area (Å²) >= 11 is 0. The first-order valence-corrected chi connectivity index (χ1v) is 7.04. The van der Waals surface area contributed by atoms with E-state index in [4.69, 9.17) is 10.5 Å². The van der Waals surface area contributed by atoms with E-state index in [1.165, 1.54) is 19.3 Å². The summed E-state index contributed by atoms with van der Waals surface area (Å²) in [5, 5.41) is 0. The third-order valence-electron chi connectivity index (χ3n) is 4.39. The summed E-state index contributed by atoms with van der Waals surface area (Å²) in [5.41, 5.74) is 5.76. The van der Waals surface area contributed by atoms with Gasteiger partial charge in [0.25, 0.3) is 0 Å². The lowest BCUT2D eigenvalue weighted by molar-refractivity contribution is -0.0640. The van der Waals surface area contributed by atoms with Crippen LogP contribution in [0.2, 0.25) is 0 Å². The Morgan fingerprint density at radius 3 is 2.39 bits per heavy atom. The molecule has 1 aliphatic heterocycles. The molecule has 0 atom stereocenters. The topological polar surface area (TPSA) is 55.6 Å². The van der Waals surface area contributed by atoms with Gasteiger partial charge in [0.2, 0.25) is 0 Å². The molecule has 1 saturated carbocycles. The van der Waals surface area contributed by atoms with Crippen molar-refractivity contribution < 1.29 is 9.53 Å². The Kier molecular flexibility index (Phi) is 3.58. The van der Waals surface area contributed by atoms with Gasteiger partial charge < -0.3 is 15.4 Å². The van der Waals surface area contributed by atoms with Crippen LogP contribution in [0.5, 0.6) is 0 Å². The fraction of sp³-hybridized carbons (Fsp3) is 0.929. The van der Waals surface area contributed by atoms with Crippen molar-refractivity contribution in [2.24, 2.45) is 17.1 Å². The van der Waals surface area contributed by atoms with Crippen LogP contribution in [0.15, 0.2) is 0 Å². The van der Waals surface area contributed by atoms with Crippen molar-refractivity contribution in [3.8, 4) is 0 Å². The van der Waals surface area contributed by atoms with Gasteiger partial charge >= 0.3 is 6.09 Å². The van der Waals surface area contributed by atoms with Crippen molar-refractivity contribution in [2.45, 2.75) is 52.1 Å². The Hall–Kier alpha value is -0.770. The van der Waals surface area contributed by atoms with E-state index >= 15 is 0 Å². The lowest BCUT2D eigenvalue weighted by atomic mass is 9.57. The van der Waals surface area contributed by atoms with Gasteiger partial charge in [0.1, 0.15) is 5.60 Å². The monoisotopic (exact) mass is 254 g/mol. The summed E-state index contributed by atoms with van der Waals surface area (Å²) in [4.78, 5) is 13.7. The molecule has 0 aromatic carbocycles. The van der Waals surface area contributed by atoms with Crippen molar-refractivity contribution in [3.63, 3.8) is 0 Å². The second-order valence-electron chi connectivity index (χ2n) is 6.84. The number of carbonyl (C=O) groups is 1. The number of nitrogens with two attached hydrogens (primary N) is 1. The SMILES string of the molecule is CC(C)(C)OC(=O)N1CC(C2(CCN)CCC2)C1. The standard InChI is InChI=1S/C14H26N2O2/c1-13(2,3)18-12(17)16-9-11(10-16)14(7-8-15)5-4-6-14/h11H,4-10,15H2,1-3H3. The van der Waals surface area contributed by atoms with E-state index in [0.29, 0.717) is 11.3 Å². The van der Waals surface area contributed by atoms with Crippen LogP contribution in [0.4, 0.5) is 4.79 Å². The van der Waals surface area contributed by atoms with Crippen molar-refractivity contribution in [1.82, 2.24) is 4.90 Å². The molecule has 1 amide bonds. The maximum absolute atomic E-state index is 11.9. The second kappa shape index (κ2) is 4.72. The molecule has 0 unspecified atom stereocenters. The summed E-state index contributed by atoms with van der Waals surface area (Å²) in [5.74, 6) is 0.641. The Bertz CT molecular complexity index is 312. The Labute approximate surface area is 110 Å². The maximum Gasteiger partial charge on any atom is 0.410 e. The molecule has 104 valence electrons. The zero-order valence-corrected chi connectivity index (χ0v) is 11.9.